The van der Waals surface area contributed by atoms with Crippen LogP contribution in [0.2, 0.25) is 0 Å². The molecule has 0 bridgehead atoms. The minimum absolute atomic E-state index is 0.0509. The molecule has 4 atom stereocenters. The normalized spacial score (nSPS) is 21.0. The second-order valence-corrected chi connectivity index (χ2v) is 12.8. The van der Waals surface area contributed by atoms with Gasteiger partial charge in [0.25, 0.3) is 0 Å². The monoisotopic (exact) mass is 572 g/mol. The van der Waals surface area contributed by atoms with E-state index in [4.69, 9.17) is 4.74 Å². The molecule has 0 aliphatic carbocycles. The number of amides is 3. The standard InChI is InChI=1S/C33H40N4O5/c1-20(2)28(36-31(41)42-32(4,5)6)27(38)16-23(15-22-13-11-21(3)12-14-22)29(39)37-19-33(17-24(37)18-34)25-9-7-8-10-26(25)35-30(33)40/h7-14,20,23-24,28H,15-17,19H2,1-6H3,(H,35,40)(H,36,41)/t23-,24+,28+,33+/m1/s1. The molecule has 2 aromatic carbocycles. The van der Waals surface area contributed by atoms with Gasteiger partial charge in [-0.1, -0.05) is 61.9 Å². The van der Waals surface area contributed by atoms with E-state index >= 15 is 0 Å². The summed E-state index contributed by atoms with van der Waals surface area (Å²) in [6.07, 6.45) is -0.395. The van der Waals surface area contributed by atoms with Gasteiger partial charge in [-0.2, -0.15) is 5.26 Å². The molecule has 0 saturated carbocycles. The first-order valence-corrected chi connectivity index (χ1v) is 14.4. The molecule has 2 aliphatic heterocycles. The van der Waals surface area contributed by atoms with E-state index in [0.29, 0.717) is 5.69 Å². The van der Waals surface area contributed by atoms with E-state index in [1.54, 1.807) is 20.8 Å². The number of ether oxygens (including phenoxy) is 1. The number of alkyl carbamates (subject to hydrolysis) is 1. The molecule has 4 rings (SSSR count). The predicted octanol–water partition coefficient (Wildman–Crippen LogP) is 4.68. The lowest BCUT2D eigenvalue weighted by Crippen LogP contribution is -2.48. The van der Waals surface area contributed by atoms with Crippen LogP contribution in [-0.2, 0) is 31.0 Å². The van der Waals surface area contributed by atoms with E-state index in [1.165, 1.54) is 4.90 Å². The Hall–Kier alpha value is -4.19. The number of carbonyl (C=O) groups is 4. The van der Waals surface area contributed by atoms with Crippen molar-refractivity contribution in [2.24, 2.45) is 11.8 Å². The minimum atomic E-state index is -1.02. The summed E-state index contributed by atoms with van der Waals surface area (Å²) in [5.74, 6) is -1.93. The van der Waals surface area contributed by atoms with Crippen LogP contribution in [0.15, 0.2) is 48.5 Å². The Labute approximate surface area is 247 Å². The van der Waals surface area contributed by atoms with Crippen molar-refractivity contribution in [3.63, 3.8) is 0 Å². The molecule has 9 nitrogen and oxygen atoms in total. The average Bonchev–Trinajstić information content (AvgIpc) is 3.44. The lowest BCUT2D eigenvalue weighted by molar-refractivity contribution is -0.138. The number of benzene rings is 2. The molecule has 1 spiro atoms. The number of carbonyl (C=O) groups excluding carboxylic acids is 4. The lowest BCUT2D eigenvalue weighted by Gasteiger charge is -2.29. The maximum Gasteiger partial charge on any atom is 0.408 e. The van der Waals surface area contributed by atoms with E-state index in [9.17, 15) is 24.4 Å². The molecule has 1 saturated heterocycles. The SMILES string of the molecule is Cc1ccc(C[C@H](CC(=O)[C@@H](NC(=O)OC(C)(C)C)C(C)C)C(=O)N2C[C@]3(C[C@H]2C#N)C(=O)Nc2ccccc23)cc1. The van der Waals surface area contributed by atoms with Crippen LogP contribution in [-0.4, -0.2) is 52.8 Å². The number of likely N-dealkylation sites (tertiary alicyclic amines) is 1. The molecule has 42 heavy (non-hydrogen) atoms. The van der Waals surface area contributed by atoms with E-state index < -0.39 is 35.1 Å². The van der Waals surface area contributed by atoms with Gasteiger partial charge in [0.2, 0.25) is 11.8 Å². The fourth-order valence-corrected chi connectivity index (χ4v) is 5.90. The predicted molar refractivity (Wildman–Crippen MR) is 158 cm³/mol. The summed E-state index contributed by atoms with van der Waals surface area (Å²) in [4.78, 5) is 55.2. The van der Waals surface area contributed by atoms with Gasteiger partial charge in [-0.05, 0) is 57.2 Å². The number of hydrogen-bond acceptors (Lipinski definition) is 6. The van der Waals surface area contributed by atoms with Crippen LogP contribution in [0.5, 0.6) is 0 Å². The van der Waals surface area contributed by atoms with Gasteiger partial charge >= 0.3 is 6.09 Å². The van der Waals surface area contributed by atoms with Crippen molar-refractivity contribution < 1.29 is 23.9 Å². The summed E-state index contributed by atoms with van der Waals surface area (Å²) in [7, 11) is 0. The number of nitrogens with zero attached hydrogens (tertiary/aromatic N) is 2. The van der Waals surface area contributed by atoms with E-state index in [0.717, 1.165) is 16.7 Å². The van der Waals surface area contributed by atoms with Crippen molar-refractivity contribution in [1.29, 1.82) is 5.26 Å². The molecule has 2 aliphatic rings. The van der Waals surface area contributed by atoms with E-state index in [-0.39, 0.29) is 49.3 Å². The number of hydrogen-bond donors (Lipinski definition) is 2. The number of anilines is 1. The molecule has 2 N–H and O–H groups in total. The fourth-order valence-electron chi connectivity index (χ4n) is 5.90. The Morgan fingerprint density at radius 2 is 1.81 bits per heavy atom. The first-order valence-electron chi connectivity index (χ1n) is 14.4. The van der Waals surface area contributed by atoms with Gasteiger partial charge in [-0.15, -0.1) is 0 Å². The Morgan fingerprint density at radius 3 is 2.43 bits per heavy atom. The zero-order valence-corrected chi connectivity index (χ0v) is 25.2. The maximum atomic E-state index is 14.3. The third kappa shape index (κ3) is 6.48. The Balaban J connectivity index is 1.62. The van der Waals surface area contributed by atoms with Crippen molar-refractivity contribution in [2.45, 2.75) is 83.9 Å². The van der Waals surface area contributed by atoms with Crippen molar-refractivity contribution in [2.75, 3.05) is 11.9 Å². The van der Waals surface area contributed by atoms with Gasteiger partial charge in [0.1, 0.15) is 11.6 Å². The number of rotatable bonds is 8. The molecular formula is C33H40N4O5. The Kier molecular flexibility index (Phi) is 8.76. The fraction of sp³-hybridized carbons (Fsp3) is 0.485. The number of aryl methyl sites for hydroxylation is 1. The summed E-state index contributed by atoms with van der Waals surface area (Å²) >= 11 is 0. The van der Waals surface area contributed by atoms with Crippen LogP contribution < -0.4 is 10.6 Å². The highest BCUT2D eigenvalue weighted by molar-refractivity contribution is 6.07. The van der Waals surface area contributed by atoms with Crippen molar-refractivity contribution >= 4 is 29.4 Å². The highest BCUT2D eigenvalue weighted by Gasteiger charge is 2.56. The molecule has 2 heterocycles. The number of Topliss-reactive ketones (excluding diaryl/α,β-unsaturated/α-hetero) is 1. The van der Waals surface area contributed by atoms with Gasteiger partial charge in [0.15, 0.2) is 5.78 Å². The van der Waals surface area contributed by atoms with Crippen LogP contribution >= 0.6 is 0 Å². The Morgan fingerprint density at radius 1 is 1.14 bits per heavy atom. The summed E-state index contributed by atoms with van der Waals surface area (Å²) < 4.78 is 5.38. The zero-order chi connectivity index (χ0) is 30.8. The highest BCUT2D eigenvalue weighted by Crippen LogP contribution is 2.46. The largest absolute Gasteiger partial charge is 0.444 e. The van der Waals surface area contributed by atoms with E-state index in [1.807, 2.05) is 69.3 Å². The Bertz CT molecular complexity index is 1400. The van der Waals surface area contributed by atoms with Crippen molar-refractivity contribution in [3.8, 4) is 6.07 Å². The molecule has 1 fully saturated rings. The number of fused-ring (bicyclic) bond motifs is 2. The first kappa shape index (κ1) is 30.8. The topological polar surface area (TPSA) is 129 Å². The van der Waals surface area contributed by atoms with Crippen LogP contribution in [0.4, 0.5) is 10.5 Å². The number of ketones is 1. The summed E-state index contributed by atoms with van der Waals surface area (Å²) in [6, 6.07) is 15.6. The minimum Gasteiger partial charge on any atom is -0.444 e. The first-order chi connectivity index (χ1) is 19.7. The number of para-hydroxylation sites is 1. The lowest BCUT2D eigenvalue weighted by atomic mass is 9.80. The molecule has 0 unspecified atom stereocenters. The maximum absolute atomic E-state index is 14.3. The zero-order valence-electron chi connectivity index (χ0n) is 25.2. The van der Waals surface area contributed by atoms with E-state index in [2.05, 4.69) is 16.7 Å². The molecule has 2 aromatic rings. The summed E-state index contributed by atoms with van der Waals surface area (Å²) in [6.45, 7) is 10.9. The van der Waals surface area contributed by atoms with Crippen molar-refractivity contribution in [1.82, 2.24) is 10.2 Å². The average molecular weight is 573 g/mol. The number of nitrogens with one attached hydrogen (secondary N) is 2. The molecule has 0 radical (unpaired) electrons. The van der Waals surface area contributed by atoms with Crippen LogP contribution in [0.3, 0.4) is 0 Å². The summed E-state index contributed by atoms with van der Waals surface area (Å²) in [5, 5.41) is 15.7. The van der Waals surface area contributed by atoms with Gasteiger partial charge in [-0.3, -0.25) is 14.4 Å². The van der Waals surface area contributed by atoms with Crippen molar-refractivity contribution in [3.05, 3.63) is 65.2 Å². The van der Waals surface area contributed by atoms with Gasteiger partial charge in [0, 0.05) is 31.0 Å². The molecular weight excluding hydrogens is 532 g/mol. The van der Waals surface area contributed by atoms with Gasteiger partial charge in [0.05, 0.1) is 17.5 Å². The van der Waals surface area contributed by atoms with Crippen LogP contribution in [0.1, 0.15) is 64.2 Å². The molecule has 222 valence electrons. The van der Waals surface area contributed by atoms with Crippen LogP contribution in [0, 0.1) is 30.1 Å². The molecule has 9 heteroatoms. The third-order valence-corrected chi connectivity index (χ3v) is 8.00. The van der Waals surface area contributed by atoms with Gasteiger partial charge < -0.3 is 20.3 Å². The highest BCUT2D eigenvalue weighted by atomic mass is 16.6. The van der Waals surface area contributed by atoms with Gasteiger partial charge in [-0.25, -0.2) is 4.79 Å². The molecule has 3 amide bonds. The number of nitriles is 1. The second-order valence-electron chi connectivity index (χ2n) is 12.8. The quantitative estimate of drug-likeness (QED) is 0.473. The summed E-state index contributed by atoms with van der Waals surface area (Å²) in [5.41, 5.74) is 1.65. The molecule has 0 aromatic heterocycles. The third-order valence-electron chi connectivity index (χ3n) is 8.00. The smallest absolute Gasteiger partial charge is 0.408 e. The van der Waals surface area contributed by atoms with Crippen LogP contribution in [0.25, 0.3) is 0 Å². The second kappa shape index (κ2) is 12.0.